The van der Waals surface area contributed by atoms with E-state index >= 15 is 0 Å². The Labute approximate surface area is 168 Å². The van der Waals surface area contributed by atoms with Crippen LogP contribution in [0.15, 0.2) is 23.3 Å². The van der Waals surface area contributed by atoms with E-state index in [0.29, 0.717) is 11.8 Å². The predicted octanol–water partition coefficient (Wildman–Crippen LogP) is 2.13. The van der Waals surface area contributed by atoms with E-state index in [1.54, 1.807) is 0 Å². The highest BCUT2D eigenvalue weighted by Crippen LogP contribution is 2.21. The van der Waals surface area contributed by atoms with Gasteiger partial charge in [0.25, 0.3) is 0 Å². The summed E-state index contributed by atoms with van der Waals surface area (Å²) in [4.78, 5) is 16.7. The lowest BCUT2D eigenvalue weighted by molar-refractivity contribution is 0.312. The van der Waals surface area contributed by atoms with Crippen LogP contribution in [-0.2, 0) is 6.54 Å². The average molecular weight is 391 g/mol. The van der Waals surface area contributed by atoms with Crippen molar-refractivity contribution in [3.05, 3.63) is 23.9 Å². The summed E-state index contributed by atoms with van der Waals surface area (Å²) in [5.41, 5.74) is 1.23. The number of likely N-dealkylation sites (N-methyl/N-ethyl adjacent to an activating group) is 1. The van der Waals surface area contributed by atoms with Crippen LogP contribution in [0.1, 0.15) is 25.8 Å². The van der Waals surface area contributed by atoms with Crippen LogP contribution in [0.3, 0.4) is 0 Å². The minimum Gasteiger partial charge on any atom is -0.357 e. The Hall–Kier alpha value is -1.47. The van der Waals surface area contributed by atoms with Crippen molar-refractivity contribution in [2.75, 3.05) is 63.5 Å². The number of nitrogens with zero attached hydrogens (tertiary/aromatic N) is 5. The lowest BCUT2D eigenvalue weighted by Crippen LogP contribution is -2.48. The van der Waals surface area contributed by atoms with Gasteiger partial charge >= 0.3 is 0 Å². The fraction of sp³-hybridized carbons (Fsp3) is 0.700. The van der Waals surface area contributed by atoms with Crippen LogP contribution < -0.4 is 10.2 Å². The summed E-state index contributed by atoms with van der Waals surface area (Å²) < 4.78 is 0. The number of aliphatic imine (C=N–C) groups is 1. The molecule has 1 aromatic heterocycles. The number of nitrogens with one attached hydrogen (secondary N) is 1. The molecule has 3 heterocycles. The van der Waals surface area contributed by atoms with Crippen molar-refractivity contribution >= 4 is 23.5 Å². The molecule has 0 saturated carbocycles. The fourth-order valence-corrected chi connectivity index (χ4v) is 4.70. The summed E-state index contributed by atoms with van der Waals surface area (Å²) in [7, 11) is 2.18. The maximum Gasteiger partial charge on any atom is 0.194 e. The van der Waals surface area contributed by atoms with E-state index in [1.807, 2.05) is 6.20 Å². The molecular formula is C20H34N6S. The van der Waals surface area contributed by atoms with Crippen molar-refractivity contribution in [1.82, 2.24) is 20.1 Å². The Morgan fingerprint density at radius 2 is 2.07 bits per heavy atom. The number of aromatic nitrogens is 1. The highest BCUT2D eigenvalue weighted by Gasteiger charge is 2.21. The molecule has 2 saturated heterocycles. The minimum atomic E-state index is 0.700. The second kappa shape index (κ2) is 10.2. The zero-order valence-electron chi connectivity index (χ0n) is 17.0. The van der Waals surface area contributed by atoms with Gasteiger partial charge in [0.05, 0.1) is 6.54 Å². The molecule has 1 atom stereocenters. The van der Waals surface area contributed by atoms with Crippen molar-refractivity contribution in [3.63, 3.8) is 0 Å². The Morgan fingerprint density at radius 3 is 2.81 bits per heavy atom. The van der Waals surface area contributed by atoms with Gasteiger partial charge < -0.3 is 20.0 Å². The number of hydrogen-bond donors (Lipinski definition) is 1. The number of guanidine groups is 1. The largest absolute Gasteiger partial charge is 0.357 e. The van der Waals surface area contributed by atoms with Gasteiger partial charge in [-0.1, -0.05) is 6.92 Å². The van der Waals surface area contributed by atoms with Crippen molar-refractivity contribution in [1.29, 1.82) is 0 Å². The summed E-state index contributed by atoms with van der Waals surface area (Å²) >= 11 is 2.09. The van der Waals surface area contributed by atoms with E-state index in [-0.39, 0.29) is 0 Å². The second-order valence-corrected chi connectivity index (χ2v) is 8.74. The summed E-state index contributed by atoms with van der Waals surface area (Å²) in [5, 5.41) is 4.20. The van der Waals surface area contributed by atoms with Crippen molar-refractivity contribution in [3.8, 4) is 0 Å². The Balaban J connectivity index is 1.66. The number of hydrogen-bond acceptors (Lipinski definition) is 5. The molecule has 1 N–H and O–H groups in total. The molecule has 1 unspecified atom stereocenters. The van der Waals surface area contributed by atoms with Crippen LogP contribution in [0, 0.1) is 0 Å². The Bertz CT molecular complexity index is 614. The molecule has 2 aliphatic heterocycles. The standard InChI is InChI=1S/C20H34N6S/c1-4-18-16-26(12-13-27-18)20(21-5-2)23-15-17-6-7-22-19(14-17)25-10-8-24(3)9-11-25/h6-7,14,18H,4-5,8-13,15-16H2,1-3H3,(H,21,23). The lowest BCUT2D eigenvalue weighted by atomic mass is 10.2. The molecule has 0 amide bonds. The molecule has 0 radical (unpaired) electrons. The van der Waals surface area contributed by atoms with Crippen LogP contribution in [0.4, 0.5) is 5.82 Å². The maximum absolute atomic E-state index is 4.94. The van der Waals surface area contributed by atoms with Crippen molar-refractivity contribution in [2.24, 2.45) is 4.99 Å². The Kier molecular flexibility index (Phi) is 7.64. The molecule has 0 aromatic carbocycles. The molecule has 3 rings (SSSR count). The summed E-state index contributed by atoms with van der Waals surface area (Å²) in [6.45, 7) is 12.5. The van der Waals surface area contributed by atoms with Gasteiger partial charge in [0.2, 0.25) is 0 Å². The molecule has 27 heavy (non-hydrogen) atoms. The topological polar surface area (TPSA) is 47.0 Å². The quantitative estimate of drug-likeness (QED) is 0.614. The molecule has 1 aromatic rings. The van der Waals surface area contributed by atoms with Crippen LogP contribution in [-0.4, -0.2) is 84.6 Å². The molecule has 6 nitrogen and oxygen atoms in total. The number of piperazine rings is 1. The number of pyridine rings is 1. The smallest absolute Gasteiger partial charge is 0.194 e. The first-order chi connectivity index (χ1) is 13.2. The van der Waals surface area contributed by atoms with Gasteiger partial charge in [0.15, 0.2) is 5.96 Å². The van der Waals surface area contributed by atoms with Crippen LogP contribution in [0.2, 0.25) is 0 Å². The van der Waals surface area contributed by atoms with E-state index < -0.39 is 0 Å². The first kappa shape index (κ1) is 20.3. The van der Waals surface area contributed by atoms with Gasteiger partial charge in [0.1, 0.15) is 5.82 Å². The van der Waals surface area contributed by atoms with Crippen molar-refractivity contribution < 1.29 is 0 Å². The van der Waals surface area contributed by atoms with E-state index in [0.717, 1.165) is 57.6 Å². The van der Waals surface area contributed by atoms with E-state index in [1.165, 1.54) is 17.7 Å². The van der Waals surface area contributed by atoms with E-state index in [2.05, 4.69) is 69.8 Å². The molecule has 2 aliphatic rings. The van der Waals surface area contributed by atoms with Gasteiger partial charge in [-0.3, -0.25) is 0 Å². The first-order valence-electron chi connectivity index (χ1n) is 10.2. The van der Waals surface area contributed by atoms with Crippen LogP contribution in [0.25, 0.3) is 0 Å². The molecule has 7 heteroatoms. The number of anilines is 1. The normalized spacial score (nSPS) is 22.2. The summed E-state index contributed by atoms with van der Waals surface area (Å²) in [5.74, 6) is 3.32. The zero-order chi connectivity index (χ0) is 19.1. The fourth-order valence-electron chi connectivity index (χ4n) is 3.52. The predicted molar refractivity (Wildman–Crippen MR) is 117 cm³/mol. The van der Waals surface area contributed by atoms with Gasteiger partial charge in [0, 0.05) is 63.0 Å². The van der Waals surface area contributed by atoms with Crippen LogP contribution >= 0.6 is 11.8 Å². The number of rotatable bonds is 5. The SMILES string of the molecule is CCNC(=NCc1ccnc(N2CCN(C)CC2)c1)N1CCSC(CC)C1. The third-order valence-electron chi connectivity index (χ3n) is 5.28. The maximum atomic E-state index is 4.94. The molecule has 0 spiro atoms. The first-order valence-corrected chi connectivity index (χ1v) is 11.3. The summed E-state index contributed by atoms with van der Waals surface area (Å²) in [6, 6.07) is 4.30. The van der Waals surface area contributed by atoms with Gasteiger partial charge in [-0.25, -0.2) is 9.98 Å². The third kappa shape index (κ3) is 5.75. The molecule has 0 aliphatic carbocycles. The Morgan fingerprint density at radius 1 is 1.26 bits per heavy atom. The van der Waals surface area contributed by atoms with Gasteiger partial charge in [-0.2, -0.15) is 11.8 Å². The van der Waals surface area contributed by atoms with Crippen molar-refractivity contribution in [2.45, 2.75) is 32.1 Å². The molecule has 0 bridgehead atoms. The summed E-state index contributed by atoms with van der Waals surface area (Å²) in [6.07, 6.45) is 3.15. The monoisotopic (exact) mass is 390 g/mol. The van der Waals surface area contributed by atoms with E-state index in [9.17, 15) is 0 Å². The highest BCUT2D eigenvalue weighted by atomic mass is 32.2. The van der Waals surface area contributed by atoms with Crippen LogP contribution in [0.5, 0.6) is 0 Å². The van der Waals surface area contributed by atoms with Gasteiger partial charge in [-0.05, 0) is 38.1 Å². The molecule has 2 fully saturated rings. The second-order valence-electron chi connectivity index (χ2n) is 7.33. The molecular weight excluding hydrogens is 356 g/mol. The average Bonchev–Trinajstić information content (AvgIpc) is 2.72. The zero-order valence-corrected chi connectivity index (χ0v) is 17.8. The minimum absolute atomic E-state index is 0.700. The number of thioether (sulfide) groups is 1. The lowest BCUT2D eigenvalue weighted by Gasteiger charge is -2.34. The molecule has 150 valence electrons. The van der Waals surface area contributed by atoms with Gasteiger partial charge in [-0.15, -0.1) is 0 Å². The van der Waals surface area contributed by atoms with E-state index in [4.69, 9.17) is 4.99 Å². The third-order valence-corrected chi connectivity index (χ3v) is 6.65. The highest BCUT2D eigenvalue weighted by molar-refractivity contribution is 8.00.